The topological polar surface area (TPSA) is 110 Å². The number of carbonyl (C=O) groups excluding carboxylic acids is 2. The van der Waals surface area contributed by atoms with Gasteiger partial charge in [0.1, 0.15) is 17.4 Å². The minimum Gasteiger partial charge on any atom is -0.495 e. The number of halogens is 1. The molecule has 0 radical (unpaired) electrons. The Hall–Kier alpha value is -4.48. The summed E-state index contributed by atoms with van der Waals surface area (Å²) in [5, 5.41) is 15.1. The summed E-state index contributed by atoms with van der Waals surface area (Å²) in [6.07, 6.45) is 1.41. The van der Waals surface area contributed by atoms with Gasteiger partial charge in [-0.05, 0) is 48.4 Å². The number of amides is 2. The van der Waals surface area contributed by atoms with E-state index in [1.807, 2.05) is 36.4 Å². The van der Waals surface area contributed by atoms with Gasteiger partial charge in [-0.2, -0.15) is 5.26 Å². The van der Waals surface area contributed by atoms with Gasteiger partial charge >= 0.3 is 0 Å². The quantitative estimate of drug-likeness (QED) is 0.273. The van der Waals surface area contributed by atoms with Crippen molar-refractivity contribution in [2.24, 2.45) is 0 Å². The van der Waals surface area contributed by atoms with Crippen molar-refractivity contribution in [3.63, 3.8) is 0 Å². The van der Waals surface area contributed by atoms with Crippen molar-refractivity contribution in [1.82, 2.24) is 5.32 Å². The van der Waals surface area contributed by atoms with Crippen LogP contribution in [-0.4, -0.2) is 32.1 Å². The first-order valence-corrected chi connectivity index (χ1v) is 11.8. The zero-order chi connectivity index (χ0) is 26.6. The molecular weight excluding hydrogens is 494 g/mol. The molecule has 3 aromatic rings. The number of hydrogen-bond acceptors (Lipinski definition) is 6. The summed E-state index contributed by atoms with van der Waals surface area (Å²) in [4.78, 5) is 25.0. The average molecular weight is 520 g/mol. The molecule has 0 aromatic heterocycles. The molecular formula is C28H26ClN3O5. The molecule has 37 heavy (non-hydrogen) atoms. The van der Waals surface area contributed by atoms with Crippen LogP contribution in [0.3, 0.4) is 0 Å². The number of hydrogen-bond donors (Lipinski definition) is 2. The minimum absolute atomic E-state index is 0.0979. The minimum atomic E-state index is -0.520. The Balaban J connectivity index is 1.73. The predicted molar refractivity (Wildman–Crippen MR) is 142 cm³/mol. The zero-order valence-electron chi connectivity index (χ0n) is 20.4. The molecule has 0 fully saturated rings. The largest absolute Gasteiger partial charge is 0.495 e. The predicted octanol–water partition coefficient (Wildman–Crippen LogP) is 4.99. The van der Waals surface area contributed by atoms with E-state index in [9.17, 15) is 14.9 Å². The smallest absolute Gasteiger partial charge is 0.262 e. The zero-order valence-corrected chi connectivity index (χ0v) is 21.2. The Bertz CT molecular complexity index is 1320. The lowest BCUT2D eigenvalue weighted by Gasteiger charge is -2.15. The van der Waals surface area contributed by atoms with Crippen LogP contribution in [0, 0.1) is 11.3 Å². The van der Waals surface area contributed by atoms with Gasteiger partial charge in [0, 0.05) is 6.54 Å². The van der Waals surface area contributed by atoms with Crippen LogP contribution in [0.15, 0.2) is 72.3 Å². The summed E-state index contributed by atoms with van der Waals surface area (Å²) in [6, 6.07) is 21.4. The molecule has 0 atom stereocenters. The second kappa shape index (κ2) is 13.6. The van der Waals surface area contributed by atoms with Crippen molar-refractivity contribution in [3.05, 3.63) is 88.5 Å². The van der Waals surface area contributed by atoms with Gasteiger partial charge in [-0.3, -0.25) is 9.59 Å². The number of methoxy groups -OCH3 is 1. The molecule has 2 N–H and O–H groups in total. The van der Waals surface area contributed by atoms with E-state index >= 15 is 0 Å². The van der Waals surface area contributed by atoms with Crippen molar-refractivity contribution >= 4 is 35.2 Å². The van der Waals surface area contributed by atoms with Gasteiger partial charge < -0.3 is 24.8 Å². The highest BCUT2D eigenvalue weighted by Crippen LogP contribution is 2.37. The molecule has 9 heteroatoms. The lowest BCUT2D eigenvalue weighted by molar-refractivity contribution is -0.118. The van der Waals surface area contributed by atoms with E-state index in [0.717, 1.165) is 5.56 Å². The van der Waals surface area contributed by atoms with Crippen molar-refractivity contribution in [2.45, 2.75) is 13.5 Å². The SMILES string of the molecule is CCOc1cc(/C=C(\C#N)C(=O)NCc2ccccc2)cc(Cl)c1OCC(=O)Nc1ccccc1OC. The van der Waals surface area contributed by atoms with Crippen molar-refractivity contribution in [1.29, 1.82) is 5.26 Å². The molecule has 0 aliphatic carbocycles. The standard InChI is InChI=1S/C28H26ClN3O5/c1-3-36-25-15-20(13-21(16-30)28(34)31-17-19-9-5-4-6-10-19)14-22(29)27(25)37-18-26(33)32-23-11-7-8-12-24(23)35-2/h4-15H,3,17-18H2,1-2H3,(H,31,34)(H,32,33)/b21-13+. The maximum atomic E-state index is 12.5. The molecule has 8 nitrogen and oxygen atoms in total. The van der Waals surface area contributed by atoms with Crippen molar-refractivity contribution in [3.8, 4) is 23.3 Å². The molecule has 3 aromatic carbocycles. The number of nitrogens with zero attached hydrogens (tertiary/aromatic N) is 1. The third-order valence-electron chi connectivity index (χ3n) is 5.03. The summed E-state index contributed by atoms with van der Waals surface area (Å²) in [7, 11) is 1.51. The number of ether oxygens (including phenoxy) is 3. The van der Waals surface area contributed by atoms with Gasteiger partial charge in [0.15, 0.2) is 18.1 Å². The van der Waals surface area contributed by atoms with Crippen LogP contribution in [0.1, 0.15) is 18.1 Å². The second-order valence-electron chi connectivity index (χ2n) is 7.64. The number of benzene rings is 3. The highest BCUT2D eigenvalue weighted by atomic mass is 35.5. The summed E-state index contributed by atoms with van der Waals surface area (Å²) in [5.41, 5.74) is 1.78. The van der Waals surface area contributed by atoms with E-state index in [-0.39, 0.29) is 35.2 Å². The Kier molecular flexibility index (Phi) is 9.94. The number of nitrogens with one attached hydrogen (secondary N) is 2. The average Bonchev–Trinajstić information content (AvgIpc) is 2.91. The van der Waals surface area contributed by atoms with Gasteiger partial charge in [-0.1, -0.05) is 54.1 Å². The summed E-state index contributed by atoms with van der Waals surface area (Å²) in [6.45, 7) is 2.04. The molecule has 0 unspecified atom stereocenters. The Morgan fingerprint density at radius 2 is 1.76 bits per heavy atom. The molecule has 2 amide bonds. The van der Waals surface area contributed by atoms with Crippen LogP contribution in [0.4, 0.5) is 5.69 Å². The maximum Gasteiger partial charge on any atom is 0.262 e. The van der Waals surface area contributed by atoms with E-state index in [4.69, 9.17) is 25.8 Å². The lowest BCUT2D eigenvalue weighted by Crippen LogP contribution is -2.23. The molecule has 0 saturated heterocycles. The van der Waals surface area contributed by atoms with Crippen LogP contribution in [0.25, 0.3) is 6.08 Å². The monoisotopic (exact) mass is 519 g/mol. The number of carbonyl (C=O) groups is 2. The normalized spacial score (nSPS) is 10.7. The lowest BCUT2D eigenvalue weighted by atomic mass is 10.1. The Labute approximate surface area is 220 Å². The molecule has 0 heterocycles. The summed E-state index contributed by atoms with van der Waals surface area (Å²) >= 11 is 6.44. The first-order chi connectivity index (χ1) is 17.9. The van der Waals surface area contributed by atoms with Gasteiger partial charge in [-0.15, -0.1) is 0 Å². The van der Waals surface area contributed by atoms with Gasteiger partial charge in [-0.25, -0.2) is 0 Å². The molecule has 3 rings (SSSR count). The number of anilines is 1. The molecule has 190 valence electrons. The van der Waals surface area contributed by atoms with E-state index in [1.54, 1.807) is 37.3 Å². The summed E-state index contributed by atoms with van der Waals surface area (Å²) < 4.78 is 16.6. The molecule has 0 spiro atoms. The fraction of sp³-hybridized carbons (Fsp3) is 0.179. The van der Waals surface area contributed by atoms with Crippen LogP contribution in [-0.2, 0) is 16.1 Å². The first kappa shape index (κ1) is 27.1. The van der Waals surface area contributed by atoms with Crippen molar-refractivity contribution in [2.75, 3.05) is 25.6 Å². The fourth-order valence-electron chi connectivity index (χ4n) is 3.33. The van der Waals surface area contributed by atoms with E-state index in [2.05, 4.69) is 10.6 Å². The Morgan fingerprint density at radius 3 is 2.46 bits per heavy atom. The molecule has 0 bridgehead atoms. The molecule has 0 aliphatic rings. The van der Waals surface area contributed by atoms with Gasteiger partial charge in [0.05, 0.1) is 24.4 Å². The van der Waals surface area contributed by atoms with Crippen LogP contribution in [0.5, 0.6) is 17.2 Å². The van der Waals surface area contributed by atoms with E-state index < -0.39 is 11.8 Å². The second-order valence-corrected chi connectivity index (χ2v) is 8.05. The number of para-hydroxylation sites is 2. The number of nitriles is 1. The third-order valence-corrected chi connectivity index (χ3v) is 5.31. The first-order valence-electron chi connectivity index (χ1n) is 11.4. The third kappa shape index (κ3) is 7.75. The van der Waals surface area contributed by atoms with Crippen LogP contribution < -0.4 is 24.8 Å². The van der Waals surface area contributed by atoms with Crippen LogP contribution in [0.2, 0.25) is 5.02 Å². The van der Waals surface area contributed by atoms with Crippen molar-refractivity contribution < 1.29 is 23.8 Å². The van der Waals surface area contributed by atoms with Gasteiger partial charge in [0.25, 0.3) is 11.8 Å². The maximum absolute atomic E-state index is 12.5. The number of rotatable bonds is 11. The molecule has 0 aliphatic heterocycles. The van der Waals surface area contributed by atoms with Crippen LogP contribution >= 0.6 is 11.6 Å². The van der Waals surface area contributed by atoms with Gasteiger partial charge in [0.2, 0.25) is 0 Å². The van der Waals surface area contributed by atoms with E-state index in [1.165, 1.54) is 19.3 Å². The highest BCUT2D eigenvalue weighted by molar-refractivity contribution is 6.32. The fourth-order valence-corrected chi connectivity index (χ4v) is 3.61. The Morgan fingerprint density at radius 1 is 1.03 bits per heavy atom. The summed E-state index contributed by atoms with van der Waals surface area (Å²) in [5.74, 6) is 0.0138. The highest BCUT2D eigenvalue weighted by Gasteiger charge is 2.16. The molecule has 0 saturated carbocycles. The van der Waals surface area contributed by atoms with E-state index in [0.29, 0.717) is 23.6 Å².